The minimum Gasteiger partial charge on any atom is -0.466 e. The Balaban J connectivity index is 2.74. The van der Waals surface area contributed by atoms with Gasteiger partial charge in [-0.2, -0.15) is 0 Å². The van der Waals surface area contributed by atoms with E-state index < -0.39 is 0 Å². The zero-order chi connectivity index (χ0) is 13.4. The Labute approximate surface area is 110 Å². The number of hydrogen-bond donors (Lipinski definition) is 1. The van der Waals surface area contributed by atoms with Crippen LogP contribution < -0.4 is 5.32 Å². The molecule has 106 valence electrons. The van der Waals surface area contributed by atoms with Crippen LogP contribution in [0.15, 0.2) is 0 Å². The first-order valence-electron chi connectivity index (χ1n) is 7.12. The van der Waals surface area contributed by atoms with Gasteiger partial charge in [0, 0.05) is 7.11 Å². The van der Waals surface area contributed by atoms with Crippen molar-refractivity contribution in [3.63, 3.8) is 0 Å². The van der Waals surface area contributed by atoms with Gasteiger partial charge in [-0.25, -0.2) is 0 Å². The van der Waals surface area contributed by atoms with Crippen molar-refractivity contribution >= 4 is 5.97 Å². The molecule has 18 heavy (non-hydrogen) atoms. The minimum atomic E-state index is -0.227. The molecule has 0 amide bonds. The molecule has 2 unspecified atom stereocenters. The van der Waals surface area contributed by atoms with Gasteiger partial charge in [0.05, 0.1) is 24.7 Å². The van der Waals surface area contributed by atoms with Crippen LogP contribution in [0.3, 0.4) is 0 Å². The molecule has 2 atom stereocenters. The molecule has 0 heterocycles. The van der Waals surface area contributed by atoms with E-state index in [-0.39, 0.29) is 17.6 Å². The third kappa shape index (κ3) is 3.95. The SMILES string of the molecule is CCCNC1(CC(=O)OCC)CCCCC1OC. The van der Waals surface area contributed by atoms with E-state index in [0.717, 1.165) is 32.2 Å². The molecule has 0 bridgehead atoms. The number of ether oxygens (including phenoxy) is 2. The first-order chi connectivity index (χ1) is 8.68. The Morgan fingerprint density at radius 3 is 2.78 bits per heavy atom. The summed E-state index contributed by atoms with van der Waals surface area (Å²) >= 11 is 0. The van der Waals surface area contributed by atoms with E-state index >= 15 is 0 Å². The maximum Gasteiger partial charge on any atom is 0.307 e. The lowest BCUT2D eigenvalue weighted by Crippen LogP contribution is -2.58. The van der Waals surface area contributed by atoms with E-state index in [1.807, 2.05) is 6.92 Å². The van der Waals surface area contributed by atoms with Gasteiger partial charge in [-0.05, 0) is 32.7 Å². The largest absolute Gasteiger partial charge is 0.466 e. The lowest BCUT2D eigenvalue weighted by Gasteiger charge is -2.43. The standard InChI is InChI=1S/C14H27NO3/c1-4-10-15-14(11-13(16)18-5-2)9-7-6-8-12(14)17-3/h12,15H,4-11H2,1-3H3. The van der Waals surface area contributed by atoms with Gasteiger partial charge in [-0.1, -0.05) is 19.8 Å². The van der Waals surface area contributed by atoms with Crippen molar-refractivity contribution in [2.75, 3.05) is 20.3 Å². The van der Waals surface area contributed by atoms with Crippen molar-refractivity contribution in [2.24, 2.45) is 0 Å². The highest BCUT2D eigenvalue weighted by molar-refractivity contribution is 5.71. The molecule has 0 spiro atoms. The molecule has 0 aromatic carbocycles. The lowest BCUT2D eigenvalue weighted by molar-refractivity contribution is -0.147. The van der Waals surface area contributed by atoms with E-state index in [4.69, 9.17) is 9.47 Å². The smallest absolute Gasteiger partial charge is 0.307 e. The Morgan fingerprint density at radius 1 is 1.39 bits per heavy atom. The maximum absolute atomic E-state index is 11.8. The molecule has 0 radical (unpaired) electrons. The Morgan fingerprint density at radius 2 is 2.17 bits per heavy atom. The highest BCUT2D eigenvalue weighted by Gasteiger charge is 2.42. The summed E-state index contributed by atoms with van der Waals surface area (Å²) in [5, 5.41) is 3.55. The van der Waals surface area contributed by atoms with Gasteiger partial charge in [-0.3, -0.25) is 4.79 Å². The van der Waals surface area contributed by atoms with Crippen LogP contribution in [0.1, 0.15) is 52.4 Å². The van der Waals surface area contributed by atoms with Crippen molar-refractivity contribution in [1.29, 1.82) is 0 Å². The summed E-state index contributed by atoms with van der Waals surface area (Å²) in [6.07, 6.45) is 5.92. The maximum atomic E-state index is 11.8. The van der Waals surface area contributed by atoms with Crippen LogP contribution in [0, 0.1) is 0 Å². The fourth-order valence-corrected chi connectivity index (χ4v) is 2.86. The molecule has 0 aromatic rings. The molecule has 0 saturated heterocycles. The van der Waals surface area contributed by atoms with E-state index in [0.29, 0.717) is 13.0 Å². The van der Waals surface area contributed by atoms with Gasteiger partial charge in [0.15, 0.2) is 0 Å². The summed E-state index contributed by atoms with van der Waals surface area (Å²) in [7, 11) is 1.74. The average molecular weight is 257 g/mol. The van der Waals surface area contributed by atoms with Crippen LogP contribution in [0.4, 0.5) is 0 Å². The molecular weight excluding hydrogens is 230 g/mol. The average Bonchev–Trinajstić information content (AvgIpc) is 2.37. The number of carbonyl (C=O) groups excluding carboxylic acids is 1. The highest BCUT2D eigenvalue weighted by atomic mass is 16.5. The molecule has 0 aromatic heterocycles. The molecule has 4 heteroatoms. The van der Waals surface area contributed by atoms with E-state index in [2.05, 4.69) is 12.2 Å². The zero-order valence-electron chi connectivity index (χ0n) is 12.0. The van der Waals surface area contributed by atoms with Crippen LogP contribution in [0.25, 0.3) is 0 Å². The van der Waals surface area contributed by atoms with Crippen molar-refractivity contribution in [3.05, 3.63) is 0 Å². The predicted octanol–water partition coefficient (Wildman–Crippen LogP) is 2.27. The third-order valence-electron chi connectivity index (χ3n) is 3.73. The van der Waals surface area contributed by atoms with Crippen molar-refractivity contribution in [2.45, 2.75) is 64.0 Å². The monoisotopic (exact) mass is 257 g/mol. The number of rotatable bonds is 7. The van der Waals surface area contributed by atoms with Crippen LogP contribution >= 0.6 is 0 Å². The van der Waals surface area contributed by atoms with Crippen molar-refractivity contribution < 1.29 is 14.3 Å². The predicted molar refractivity (Wildman–Crippen MR) is 71.5 cm³/mol. The Kier molecular flexibility index (Phi) is 6.65. The van der Waals surface area contributed by atoms with Crippen LogP contribution in [-0.2, 0) is 14.3 Å². The molecule has 1 saturated carbocycles. The van der Waals surface area contributed by atoms with E-state index in [9.17, 15) is 4.79 Å². The van der Waals surface area contributed by atoms with Gasteiger partial charge in [-0.15, -0.1) is 0 Å². The Hall–Kier alpha value is -0.610. The summed E-state index contributed by atoms with van der Waals surface area (Å²) in [5.74, 6) is -0.120. The van der Waals surface area contributed by atoms with Crippen LogP contribution in [0.5, 0.6) is 0 Å². The second-order valence-electron chi connectivity index (χ2n) is 5.03. The molecule has 4 nitrogen and oxygen atoms in total. The zero-order valence-corrected chi connectivity index (χ0v) is 12.0. The fraction of sp³-hybridized carbons (Fsp3) is 0.929. The molecule has 1 N–H and O–H groups in total. The molecule has 1 aliphatic rings. The Bertz CT molecular complexity index is 257. The first kappa shape index (κ1) is 15.4. The second-order valence-corrected chi connectivity index (χ2v) is 5.03. The van der Waals surface area contributed by atoms with Crippen molar-refractivity contribution in [1.82, 2.24) is 5.32 Å². The molecule has 0 aliphatic heterocycles. The lowest BCUT2D eigenvalue weighted by atomic mass is 9.76. The van der Waals surface area contributed by atoms with E-state index in [1.54, 1.807) is 7.11 Å². The molecule has 1 aliphatic carbocycles. The number of esters is 1. The summed E-state index contributed by atoms with van der Waals surface area (Å²) in [5.41, 5.74) is -0.227. The van der Waals surface area contributed by atoms with Crippen LogP contribution in [0.2, 0.25) is 0 Å². The highest BCUT2D eigenvalue weighted by Crippen LogP contribution is 2.33. The normalized spacial score (nSPS) is 28.1. The first-order valence-corrected chi connectivity index (χ1v) is 7.12. The summed E-state index contributed by atoms with van der Waals surface area (Å²) in [6, 6.07) is 0. The second kappa shape index (κ2) is 7.74. The van der Waals surface area contributed by atoms with Crippen molar-refractivity contribution in [3.8, 4) is 0 Å². The van der Waals surface area contributed by atoms with E-state index in [1.165, 1.54) is 6.42 Å². The minimum absolute atomic E-state index is 0.113. The van der Waals surface area contributed by atoms with Gasteiger partial charge < -0.3 is 14.8 Å². The number of carbonyl (C=O) groups is 1. The number of hydrogen-bond acceptors (Lipinski definition) is 4. The summed E-state index contributed by atoms with van der Waals surface area (Å²) < 4.78 is 10.7. The summed E-state index contributed by atoms with van der Waals surface area (Å²) in [4.78, 5) is 11.8. The van der Waals surface area contributed by atoms with Gasteiger partial charge in [0.25, 0.3) is 0 Å². The van der Waals surface area contributed by atoms with Gasteiger partial charge in [0.2, 0.25) is 0 Å². The summed E-state index contributed by atoms with van der Waals surface area (Å²) in [6.45, 7) is 5.34. The quantitative estimate of drug-likeness (QED) is 0.711. The van der Waals surface area contributed by atoms with Gasteiger partial charge >= 0.3 is 5.97 Å². The fourth-order valence-electron chi connectivity index (χ4n) is 2.86. The van der Waals surface area contributed by atoms with Gasteiger partial charge in [0.1, 0.15) is 0 Å². The third-order valence-corrected chi connectivity index (χ3v) is 3.73. The topological polar surface area (TPSA) is 47.6 Å². The number of nitrogens with one attached hydrogen (secondary N) is 1. The molecular formula is C14H27NO3. The molecule has 1 rings (SSSR count). The van der Waals surface area contributed by atoms with Crippen LogP contribution in [-0.4, -0.2) is 37.9 Å². The molecule has 1 fully saturated rings. The number of methoxy groups -OCH3 is 1.